The number of amides is 2. The number of fused-ring (bicyclic) bond motifs is 1. The fourth-order valence-electron chi connectivity index (χ4n) is 6.25. The summed E-state index contributed by atoms with van der Waals surface area (Å²) >= 11 is 0. The molecule has 4 fully saturated rings. The van der Waals surface area contributed by atoms with Crippen molar-refractivity contribution in [1.29, 1.82) is 0 Å². The molecule has 7 rings (SSSR count). The first kappa shape index (κ1) is 25.3. The maximum absolute atomic E-state index is 15.2. The highest BCUT2D eigenvalue weighted by Crippen LogP contribution is 2.37. The van der Waals surface area contributed by atoms with Crippen molar-refractivity contribution in [2.75, 3.05) is 31.9 Å². The average molecular weight is 547 g/mol. The number of carbonyl (C=O) groups is 2. The van der Waals surface area contributed by atoms with Gasteiger partial charge in [-0.05, 0) is 69.4 Å². The molecule has 2 saturated carbocycles. The molecule has 1 aromatic carbocycles. The first-order valence-corrected chi connectivity index (χ1v) is 14.6. The van der Waals surface area contributed by atoms with E-state index in [1.807, 2.05) is 11.0 Å². The zero-order valence-electron chi connectivity index (χ0n) is 22.6. The van der Waals surface area contributed by atoms with Crippen molar-refractivity contribution in [2.45, 2.75) is 69.3 Å². The van der Waals surface area contributed by atoms with Gasteiger partial charge in [0.2, 0.25) is 5.91 Å². The van der Waals surface area contributed by atoms with Crippen LogP contribution in [0.15, 0.2) is 24.4 Å². The Kier molecular flexibility index (Phi) is 6.35. The van der Waals surface area contributed by atoms with Gasteiger partial charge in [0.25, 0.3) is 5.91 Å². The lowest BCUT2D eigenvalue weighted by molar-refractivity contribution is -0.133. The summed E-state index contributed by atoms with van der Waals surface area (Å²) < 4.78 is 21.0. The fourth-order valence-corrected chi connectivity index (χ4v) is 6.25. The highest BCUT2D eigenvalue weighted by atomic mass is 19.1. The predicted molar refractivity (Wildman–Crippen MR) is 148 cm³/mol. The topological polar surface area (TPSA) is 117 Å². The number of H-pyrrole nitrogens is 1. The quantitative estimate of drug-likeness (QED) is 0.444. The second-order valence-corrected chi connectivity index (χ2v) is 11.8. The number of rotatable bonds is 6. The number of piperidine rings is 2. The van der Waals surface area contributed by atoms with Gasteiger partial charge in [-0.1, -0.05) is 0 Å². The number of likely N-dealkylation sites (tertiary alicyclic amines) is 2. The third kappa shape index (κ3) is 4.88. The largest absolute Gasteiger partial charge is 0.490 e. The maximum atomic E-state index is 15.2. The number of nitrogens with one attached hydrogen (secondary N) is 1. The minimum Gasteiger partial charge on any atom is -0.490 e. The van der Waals surface area contributed by atoms with Crippen molar-refractivity contribution in [2.24, 2.45) is 5.92 Å². The summed E-state index contributed by atoms with van der Waals surface area (Å²) in [6.07, 6.45) is 8.65. The van der Waals surface area contributed by atoms with Crippen molar-refractivity contribution in [3.8, 4) is 5.75 Å². The number of carbonyl (C=O) groups excluding carboxylic acids is 2. The van der Waals surface area contributed by atoms with Gasteiger partial charge >= 0.3 is 0 Å². The fraction of sp³-hybridized carbons (Fsp3) is 0.533. The molecule has 0 spiro atoms. The average Bonchev–Trinajstić information content (AvgIpc) is 3.91. The van der Waals surface area contributed by atoms with Gasteiger partial charge in [0.05, 0.1) is 23.4 Å². The van der Waals surface area contributed by atoms with Gasteiger partial charge < -0.3 is 25.3 Å². The van der Waals surface area contributed by atoms with Crippen LogP contribution in [0.4, 0.5) is 10.1 Å². The zero-order chi connectivity index (χ0) is 27.4. The number of aromatic nitrogens is 3. The monoisotopic (exact) mass is 546 g/mol. The molecule has 210 valence electrons. The first-order valence-electron chi connectivity index (χ1n) is 14.6. The van der Waals surface area contributed by atoms with Crippen LogP contribution in [0.2, 0.25) is 0 Å². The normalized spacial score (nSPS) is 20.7. The molecular weight excluding hydrogens is 511 g/mol. The Labute approximate surface area is 232 Å². The third-order valence-corrected chi connectivity index (χ3v) is 8.92. The van der Waals surface area contributed by atoms with E-state index in [-0.39, 0.29) is 35.6 Å². The Balaban J connectivity index is 1.03. The molecule has 9 nitrogen and oxygen atoms in total. The molecule has 2 aromatic heterocycles. The van der Waals surface area contributed by atoms with Gasteiger partial charge in [-0.25, -0.2) is 14.4 Å². The van der Waals surface area contributed by atoms with Crippen LogP contribution in [0.5, 0.6) is 5.75 Å². The lowest BCUT2D eigenvalue weighted by Gasteiger charge is -2.32. The number of ether oxygens (including phenoxy) is 1. The van der Waals surface area contributed by atoms with E-state index >= 15 is 4.39 Å². The van der Waals surface area contributed by atoms with E-state index in [9.17, 15) is 9.59 Å². The van der Waals surface area contributed by atoms with Crippen molar-refractivity contribution >= 4 is 28.7 Å². The van der Waals surface area contributed by atoms with E-state index in [1.54, 1.807) is 17.0 Å². The Bertz CT molecular complexity index is 1450. The lowest BCUT2D eigenvalue weighted by Crippen LogP contribution is -2.39. The second kappa shape index (κ2) is 10.1. The molecule has 4 aliphatic rings. The minimum atomic E-state index is -0.340. The summed E-state index contributed by atoms with van der Waals surface area (Å²) in [5.74, 6) is 1.75. The number of anilines is 1. The number of nitrogen functional groups attached to an aromatic ring is 1. The molecule has 0 bridgehead atoms. The minimum absolute atomic E-state index is 0.0486. The molecule has 2 amide bonds. The molecule has 0 radical (unpaired) electrons. The van der Waals surface area contributed by atoms with Crippen LogP contribution in [0.1, 0.15) is 84.9 Å². The number of nitrogens with two attached hydrogens (primary N) is 1. The third-order valence-electron chi connectivity index (χ3n) is 8.92. The molecule has 2 aliphatic heterocycles. The van der Waals surface area contributed by atoms with E-state index in [0.29, 0.717) is 65.6 Å². The van der Waals surface area contributed by atoms with E-state index < -0.39 is 0 Å². The predicted octanol–water partition coefficient (Wildman–Crippen LogP) is 4.36. The summed E-state index contributed by atoms with van der Waals surface area (Å²) in [4.78, 5) is 41.9. The van der Waals surface area contributed by atoms with Crippen molar-refractivity contribution in [1.82, 2.24) is 24.8 Å². The van der Waals surface area contributed by atoms with Crippen LogP contribution in [0.3, 0.4) is 0 Å². The number of pyridine rings is 1. The lowest BCUT2D eigenvalue weighted by atomic mass is 9.88. The molecular formula is C30H35FN6O3. The summed E-state index contributed by atoms with van der Waals surface area (Å²) in [6.45, 7) is 2.50. The summed E-state index contributed by atoms with van der Waals surface area (Å²) in [6, 6.07) is 5.28. The Morgan fingerprint density at radius 2 is 1.65 bits per heavy atom. The van der Waals surface area contributed by atoms with Gasteiger partial charge in [0.15, 0.2) is 5.65 Å². The smallest absolute Gasteiger partial charge is 0.255 e. The van der Waals surface area contributed by atoms with Crippen LogP contribution in [0.25, 0.3) is 11.2 Å². The van der Waals surface area contributed by atoms with E-state index in [2.05, 4.69) is 9.97 Å². The summed E-state index contributed by atoms with van der Waals surface area (Å²) in [5, 5.41) is 0. The molecule has 0 atom stereocenters. The number of hydrogen-bond donors (Lipinski definition) is 2. The van der Waals surface area contributed by atoms with E-state index in [4.69, 9.17) is 15.5 Å². The van der Waals surface area contributed by atoms with Crippen LogP contribution < -0.4 is 10.5 Å². The summed E-state index contributed by atoms with van der Waals surface area (Å²) in [5.41, 5.74) is 8.90. The van der Waals surface area contributed by atoms with Crippen LogP contribution >= 0.6 is 0 Å². The SMILES string of the molecule is Nc1cc(OC2CC2)ccc1C(=O)N1CCC(c2c(F)cnc3nc(C4CCN(C(=O)C5CC5)CC4)[nH]c23)CC1. The Morgan fingerprint density at radius 3 is 2.33 bits per heavy atom. The number of halogens is 1. The number of aromatic amines is 1. The molecule has 3 aromatic rings. The van der Waals surface area contributed by atoms with E-state index in [1.165, 1.54) is 6.20 Å². The second-order valence-electron chi connectivity index (χ2n) is 11.8. The Morgan fingerprint density at radius 1 is 0.950 bits per heavy atom. The first-order chi connectivity index (χ1) is 19.4. The molecule has 3 N–H and O–H groups in total. The molecule has 2 saturated heterocycles. The van der Waals surface area contributed by atoms with E-state index in [0.717, 1.165) is 57.4 Å². The van der Waals surface area contributed by atoms with Gasteiger partial charge in [0.1, 0.15) is 17.4 Å². The molecule has 10 heteroatoms. The van der Waals surface area contributed by atoms with Crippen LogP contribution in [-0.4, -0.2) is 68.8 Å². The van der Waals surface area contributed by atoms with Crippen molar-refractivity contribution in [3.63, 3.8) is 0 Å². The van der Waals surface area contributed by atoms with Gasteiger partial charge in [0, 0.05) is 55.3 Å². The van der Waals surface area contributed by atoms with Gasteiger partial charge in [-0.15, -0.1) is 0 Å². The number of benzene rings is 1. The Hall–Kier alpha value is -3.69. The molecule has 0 unspecified atom stereocenters. The standard InChI is InChI=1S/C30H35FN6O3/c31-23-16-33-28-26(34-27(35-28)18-9-13-36(14-10-18)29(38)19-1-2-19)25(23)17-7-11-37(12-8-17)30(39)22-6-5-21(15-24(22)32)40-20-3-4-20/h5-6,15-20H,1-4,7-14,32H2,(H,33,34,35). The van der Waals surface area contributed by atoms with Gasteiger partial charge in [-0.3, -0.25) is 9.59 Å². The zero-order valence-corrected chi connectivity index (χ0v) is 22.6. The van der Waals surface area contributed by atoms with Crippen LogP contribution in [0, 0.1) is 11.7 Å². The highest BCUT2D eigenvalue weighted by Gasteiger charge is 2.36. The number of hydrogen-bond acceptors (Lipinski definition) is 6. The van der Waals surface area contributed by atoms with Gasteiger partial charge in [-0.2, -0.15) is 0 Å². The number of nitrogens with zero attached hydrogens (tertiary/aromatic N) is 4. The van der Waals surface area contributed by atoms with Crippen molar-refractivity contribution in [3.05, 3.63) is 47.2 Å². The molecule has 4 heterocycles. The highest BCUT2D eigenvalue weighted by molar-refractivity contribution is 5.99. The van der Waals surface area contributed by atoms with Crippen molar-refractivity contribution < 1.29 is 18.7 Å². The molecule has 40 heavy (non-hydrogen) atoms. The maximum Gasteiger partial charge on any atom is 0.255 e. The van der Waals surface area contributed by atoms with Crippen LogP contribution in [-0.2, 0) is 4.79 Å². The summed E-state index contributed by atoms with van der Waals surface area (Å²) in [7, 11) is 0. The molecule has 2 aliphatic carbocycles. The number of imidazole rings is 1.